The number of methoxy groups -OCH3 is 1. The fourth-order valence-electron chi connectivity index (χ4n) is 2.26. The molecule has 1 atom stereocenters. The number of carbonyl (C=O) groups is 1. The maximum absolute atomic E-state index is 11.8. The van der Waals surface area contributed by atoms with Crippen LogP contribution in [0.25, 0.3) is 0 Å². The van der Waals surface area contributed by atoms with Gasteiger partial charge in [-0.3, -0.25) is 4.79 Å². The van der Waals surface area contributed by atoms with E-state index in [9.17, 15) is 13.2 Å². The van der Waals surface area contributed by atoms with Gasteiger partial charge in [-0.1, -0.05) is 13.8 Å². The van der Waals surface area contributed by atoms with Gasteiger partial charge in [0.05, 0.1) is 18.4 Å². The van der Waals surface area contributed by atoms with Gasteiger partial charge in [-0.05, 0) is 31.9 Å². The molecular formula is C19H27N5O5S. The second-order valence-electron chi connectivity index (χ2n) is 6.92. The predicted octanol–water partition coefficient (Wildman–Crippen LogP) is 2.51. The molecular weight excluding hydrogens is 410 g/mol. The molecule has 1 aromatic heterocycles. The first-order valence-corrected chi connectivity index (χ1v) is 10.9. The number of carbonyl (C=O) groups excluding carboxylic acids is 1. The SMILES string of the molecule is CCS(=O)(=O)Oc1cc(Nc2ncc(C(N)=O)c(N[C@H](C)C(C)C)n2)ccc1OC. The van der Waals surface area contributed by atoms with Crippen molar-refractivity contribution < 1.29 is 22.1 Å². The largest absolute Gasteiger partial charge is 0.493 e. The molecule has 0 unspecified atom stereocenters. The van der Waals surface area contributed by atoms with E-state index in [4.69, 9.17) is 14.7 Å². The van der Waals surface area contributed by atoms with E-state index in [1.165, 1.54) is 26.3 Å². The Labute approximate surface area is 176 Å². The fraction of sp³-hybridized carbons (Fsp3) is 0.421. The molecule has 0 radical (unpaired) electrons. The second-order valence-corrected chi connectivity index (χ2v) is 8.78. The predicted molar refractivity (Wildman–Crippen MR) is 115 cm³/mol. The normalized spacial score (nSPS) is 12.3. The zero-order chi connectivity index (χ0) is 22.5. The number of nitrogens with zero attached hydrogens (tertiary/aromatic N) is 2. The first kappa shape index (κ1) is 23.2. The van der Waals surface area contributed by atoms with E-state index in [1.807, 2.05) is 20.8 Å². The van der Waals surface area contributed by atoms with Crippen LogP contribution in [0.1, 0.15) is 38.1 Å². The van der Waals surface area contributed by atoms with Crippen LogP contribution in [0.3, 0.4) is 0 Å². The summed E-state index contributed by atoms with van der Waals surface area (Å²) in [6.45, 7) is 7.51. The molecule has 0 aliphatic carbocycles. The molecule has 0 spiro atoms. The van der Waals surface area contributed by atoms with Crippen molar-refractivity contribution in [2.24, 2.45) is 11.7 Å². The molecule has 0 aliphatic heterocycles. The van der Waals surface area contributed by atoms with Crippen LogP contribution in [0.15, 0.2) is 24.4 Å². The average molecular weight is 438 g/mol. The summed E-state index contributed by atoms with van der Waals surface area (Å²) in [5.74, 6) is 0.242. The van der Waals surface area contributed by atoms with Gasteiger partial charge in [0.15, 0.2) is 11.5 Å². The van der Waals surface area contributed by atoms with E-state index in [0.29, 0.717) is 17.4 Å². The minimum Gasteiger partial charge on any atom is -0.493 e. The maximum atomic E-state index is 11.8. The highest BCUT2D eigenvalue weighted by atomic mass is 32.2. The third-order valence-corrected chi connectivity index (χ3v) is 5.55. The Morgan fingerprint density at radius 3 is 2.50 bits per heavy atom. The summed E-state index contributed by atoms with van der Waals surface area (Å²) < 4.78 is 33.9. The number of hydrogen-bond donors (Lipinski definition) is 3. The Balaban J connectivity index is 2.36. The number of primary amides is 1. The summed E-state index contributed by atoms with van der Waals surface area (Å²) in [7, 11) is -2.33. The summed E-state index contributed by atoms with van der Waals surface area (Å²) in [6, 6.07) is 4.70. The number of aromatic nitrogens is 2. The van der Waals surface area contributed by atoms with Gasteiger partial charge >= 0.3 is 10.1 Å². The Kier molecular flexibility index (Phi) is 7.43. The van der Waals surface area contributed by atoms with Gasteiger partial charge < -0.3 is 25.3 Å². The van der Waals surface area contributed by atoms with E-state index in [-0.39, 0.29) is 34.8 Å². The quantitative estimate of drug-likeness (QED) is 0.477. The Morgan fingerprint density at radius 1 is 1.23 bits per heavy atom. The smallest absolute Gasteiger partial charge is 0.309 e. The highest BCUT2D eigenvalue weighted by molar-refractivity contribution is 7.87. The minimum absolute atomic E-state index is 0.0323. The van der Waals surface area contributed by atoms with Crippen molar-refractivity contribution in [3.63, 3.8) is 0 Å². The van der Waals surface area contributed by atoms with E-state index in [1.54, 1.807) is 12.1 Å². The van der Waals surface area contributed by atoms with Crippen LogP contribution >= 0.6 is 0 Å². The Morgan fingerprint density at radius 2 is 1.93 bits per heavy atom. The van der Waals surface area contributed by atoms with Gasteiger partial charge in [0, 0.05) is 24.0 Å². The molecule has 11 heteroatoms. The van der Waals surface area contributed by atoms with Crippen molar-refractivity contribution >= 4 is 33.5 Å². The molecule has 0 aliphatic rings. The van der Waals surface area contributed by atoms with Gasteiger partial charge in [0.1, 0.15) is 5.82 Å². The maximum Gasteiger partial charge on any atom is 0.309 e. The number of rotatable bonds is 10. The van der Waals surface area contributed by atoms with Crippen molar-refractivity contribution in [3.05, 3.63) is 30.0 Å². The van der Waals surface area contributed by atoms with Crippen LogP contribution in [0, 0.1) is 5.92 Å². The Hall–Kier alpha value is -3.08. The van der Waals surface area contributed by atoms with Crippen LogP contribution in [-0.4, -0.2) is 43.2 Å². The van der Waals surface area contributed by atoms with Crippen LogP contribution in [0.2, 0.25) is 0 Å². The van der Waals surface area contributed by atoms with Crippen molar-refractivity contribution in [1.29, 1.82) is 0 Å². The van der Waals surface area contributed by atoms with Crippen molar-refractivity contribution in [2.75, 3.05) is 23.5 Å². The van der Waals surface area contributed by atoms with E-state index in [2.05, 4.69) is 20.6 Å². The van der Waals surface area contributed by atoms with Gasteiger partial charge in [0.2, 0.25) is 5.95 Å². The summed E-state index contributed by atoms with van der Waals surface area (Å²) >= 11 is 0. The topological polar surface area (TPSA) is 146 Å². The molecule has 30 heavy (non-hydrogen) atoms. The van der Waals surface area contributed by atoms with Crippen molar-refractivity contribution in [1.82, 2.24) is 9.97 Å². The molecule has 10 nitrogen and oxygen atoms in total. The van der Waals surface area contributed by atoms with Gasteiger partial charge in [-0.15, -0.1) is 0 Å². The highest BCUT2D eigenvalue weighted by Crippen LogP contribution is 2.32. The number of anilines is 3. The van der Waals surface area contributed by atoms with Crippen molar-refractivity contribution in [2.45, 2.75) is 33.7 Å². The van der Waals surface area contributed by atoms with Gasteiger partial charge in [-0.2, -0.15) is 13.4 Å². The molecule has 1 heterocycles. The van der Waals surface area contributed by atoms with Gasteiger partial charge in [0.25, 0.3) is 5.91 Å². The van der Waals surface area contributed by atoms with Crippen molar-refractivity contribution in [3.8, 4) is 11.5 Å². The molecule has 0 saturated carbocycles. The number of benzene rings is 1. The third kappa shape index (κ3) is 5.96. The summed E-state index contributed by atoms with van der Waals surface area (Å²) in [5.41, 5.74) is 6.06. The standard InChI is InChI=1S/C19H27N5O5S/c1-6-30(26,27)29-16-9-13(7-8-15(16)28-5)23-19-21-10-14(17(20)25)18(24-19)22-12(4)11(2)3/h7-12H,6H2,1-5H3,(H2,20,25)(H2,21,22,23,24)/t12-/m1/s1. The monoisotopic (exact) mass is 437 g/mol. The summed E-state index contributed by atoms with van der Waals surface area (Å²) in [4.78, 5) is 20.2. The molecule has 164 valence electrons. The lowest BCUT2D eigenvalue weighted by Crippen LogP contribution is -2.25. The fourth-order valence-corrected chi connectivity index (χ4v) is 2.78. The van der Waals surface area contributed by atoms with Gasteiger partial charge in [-0.25, -0.2) is 4.98 Å². The third-order valence-electron chi connectivity index (χ3n) is 4.41. The van der Waals surface area contributed by atoms with E-state index in [0.717, 1.165) is 0 Å². The first-order valence-electron chi connectivity index (χ1n) is 9.36. The molecule has 1 amide bonds. The zero-order valence-corrected chi connectivity index (χ0v) is 18.4. The highest BCUT2D eigenvalue weighted by Gasteiger charge is 2.17. The average Bonchev–Trinajstić information content (AvgIpc) is 2.67. The molecule has 1 aromatic carbocycles. The number of ether oxygens (including phenoxy) is 1. The first-order chi connectivity index (χ1) is 14.1. The van der Waals surface area contributed by atoms with Crippen LogP contribution < -0.4 is 25.3 Å². The van der Waals surface area contributed by atoms with Crippen LogP contribution in [-0.2, 0) is 10.1 Å². The molecule has 2 aromatic rings. The number of hydrogen-bond acceptors (Lipinski definition) is 9. The van der Waals surface area contributed by atoms with Crippen LogP contribution in [0.4, 0.5) is 17.5 Å². The lowest BCUT2D eigenvalue weighted by Gasteiger charge is -2.20. The van der Waals surface area contributed by atoms with E-state index < -0.39 is 16.0 Å². The molecule has 0 saturated heterocycles. The van der Waals surface area contributed by atoms with E-state index >= 15 is 0 Å². The summed E-state index contributed by atoms with van der Waals surface area (Å²) in [5, 5.41) is 6.13. The molecule has 0 fully saturated rings. The number of amides is 1. The number of nitrogens with two attached hydrogens (primary N) is 1. The zero-order valence-electron chi connectivity index (χ0n) is 17.6. The minimum atomic E-state index is -3.74. The summed E-state index contributed by atoms with van der Waals surface area (Å²) in [6.07, 6.45) is 1.33. The van der Waals surface area contributed by atoms with Crippen LogP contribution in [0.5, 0.6) is 11.5 Å². The lowest BCUT2D eigenvalue weighted by atomic mass is 10.1. The molecule has 0 bridgehead atoms. The molecule has 4 N–H and O–H groups in total. The lowest BCUT2D eigenvalue weighted by molar-refractivity contribution is 0.100. The Bertz CT molecular complexity index is 1010. The molecule has 2 rings (SSSR count). The number of nitrogens with one attached hydrogen (secondary N) is 2. The second kappa shape index (κ2) is 9.61.